The van der Waals surface area contributed by atoms with Gasteiger partial charge in [0.05, 0.1) is 31.5 Å². The number of nitrogens with one attached hydrogen (secondary N) is 1. The molecule has 3 aliphatic rings. The third-order valence-corrected chi connectivity index (χ3v) is 6.78. The van der Waals surface area contributed by atoms with Gasteiger partial charge in [0.25, 0.3) is 0 Å². The van der Waals surface area contributed by atoms with Crippen LogP contribution in [0.2, 0.25) is 0 Å². The summed E-state index contributed by atoms with van der Waals surface area (Å²) in [6.07, 6.45) is 3.38. The largest absolute Gasteiger partial charge is 0.377 e. The van der Waals surface area contributed by atoms with Crippen LogP contribution < -0.4 is 5.32 Å². The summed E-state index contributed by atoms with van der Waals surface area (Å²) in [4.78, 5) is 13.6. The molecule has 2 aliphatic heterocycles. The van der Waals surface area contributed by atoms with Crippen molar-refractivity contribution in [2.24, 2.45) is 23.7 Å². The summed E-state index contributed by atoms with van der Waals surface area (Å²) in [5.41, 5.74) is 0. The molecular weight excluding hydrogens is 328 g/mol. The van der Waals surface area contributed by atoms with E-state index in [2.05, 4.69) is 51.8 Å². The summed E-state index contributed by atoms with van der Waals surface area (Å²) in [5.74, 6) is 2.14. The molecule has 150 valence electrons. The van der Waals surface area contributed by atoms with E-state index in [1.165, 1.54) is 0 Å². The first kappa shape index (κ1) is 20.1. The zero-order valence-corrected chi connectivity index (χ0v) is 17.4. The van der Waals surface area contributed by atoms with Crippen LogP contribution >= 0.6 is 0 Å². The first-order valence-corrected chi connectivity index (χ1v) is 10.5. The van der Waals surface area contributed by atoms with Crippen molar-refractivity contribution in [3.8, 4) is 0 Å². The molecule has 3 fully saturated rings. The molecule has 1 amide bonds. The van der Waals surface area contributed by atoms with E-state index in [0.29, 0.717) is 54.4 Å². The van der Waals surface area contributed by atoms with Crippen LogP contribution in [0.1, 0.15) is 54.4 Å². The Morgan fingerprint density at radius 1 is 1.00 bits per heavy atom. The molecule has 5 heteroatoms. The number of rotatable bonds is 6. The molecule has 5 unspecified atom stereocenters. The molecule has 0 bridgehead atoms. The van der Waals surface area contributed by atoms with Crippen molar-refractivity contribution in [2.45, 2.75) is 90.8 Å². The van der Waals surface area contributed by atoms with Gasteiger partial charge in [-0.05, 0) is 30.6 Å². The maximum Gasteiger partial charge on any atom is 0.207 e. The van der Waals surface area contributed by atoms with E-state index in [9.17, 15) is 4.79 Å². The zero-order valence-electron chi connectivity index (χ0n) is 17.4. The van der Waals surface area contributed by atoms with E-state index >= 15 is 0 Å². The van der Waals surface area contributed by atoms with Crippen LogP contribution in [0.15, 0.2) is 0 Å². The lowest BCUT2D eigenvalue weighted by atomic mass is 9.73. The number of amides is 1. The monoisotopic (exact) mass is 366 g/mol. The van der Waals surface area contributed by atoms with Crippen molar-refractivity contribution in [3.63, 3.8) is 0 Å². The van der Waals surface area contributed by atoms with Crippen molar-refractivity contribution in [1.29, 1.82) is 0 Å². The Labute approximate surface area is 159 Å². The molecule has 2 saturated heterocycles. The van der Waals surface area contributed by atoms with Crippen LogP contribution in [0.25, 0.3) is 0 Å². The van der Waals surface area contributed by atoms with Gasteiger partial charge in [0, 0.05) is 24.0 Å². The Morgan fingerprint density at radius 2 is 1.69 bits per heavy atom. The molecular formula is C21H38N2O3. The Balaban J connectivity index is 1.94. The van der Waals surface area contributed by atoms with E-state index in [1.54, 1.807) is 0 Å². The zero-order chi connectivity index (χ0) is 19.0. The lowest BCUT2D eigenvalue weighted by molar-refractivity contribution is -0.111. The number of nitrogens with zero attached hydrogens (tertiary/aromatic N) is 1. The Kier molecular flexibility index (Phi) is 6.30. The maximum atomic E-state index is 10.8. The molecule has 0 spiro atoms. The van der Waals surface area contributed by atoms with Gasteiger partial charge in [-0.3, -0.25) is 9.69 Å². The quantitative estimate of drug-likeness (QED) is 0.735. The highest BCUT2D eigenvalue weighted by atomic mass is 16.6. The topological polar surface area (TPSA) is 50.8 Å². The van der Waals surface area contributed by atoms with Crippen molar-refractivity contribution < 1.29 is 14.3 Å². The Bertz CT molecular complexity index is 476. The van der Waals surface area contributed by atoms with Gasteiger partial charge in [-0.1, -0.05) is 41.5 Å². The van der Waals surface area contributed by atoms with Gasteiger partial charge in [0.2, 0.25) is 6.41 Å². The molecule has 0 aromatic carbocycles. The minimum absolute atomic E-state index is 0.172. The second-order valence-corrected chi connectivity index (χ2v) is 9.60. The van der Waals surface area contributed by atoms with E-state index in [-0.39, 0.29) is 12.2 Å². The summed E-state index contributed by atoms with van der Waals surface area (Å²) in [6.45, 7) is 15.5. The lowest BCUT2D eigenvalue weighted by Crippen LogP contribution is -2.63. The van der Waals surface area contributed by atoms with Gasteiger partial charge in [-0.2, -0.15) is 0 Å². The van der Waals surface area contributed by atoms with Gasteiger partial charge in [0.15, 0.2) is 0 Å². The molecule has 1 aliphatic carbocycles. The minimum atomic E-state index is 0.172. The number of fused-ring (bicyclic) bond motifs is 1. The fourth-order valence-electron chi connectivity index (χ4n) is 5.58. The van der Waals surface area contributed by atoms with Crippen LogP contribution in [-0.2, 0) is 14.3 Å². The smallest absolute Gasteiger partial charge is 0.207 e. The summed E-state index contributed by atoms with van der Waals surface area (Å²) in [5, 5.41) is 2.96. The summed E-state index contributed by atoms with van der Waals surface area (Å²) in [6, 6.07) is 1.68. The third-order valence-electron chi connectivity index (χ3n) is 6.78. The molecule has 0 aromatic heterocycles. The second-order valence-electron chi connectivity index (χ2n) is 9.60. The third kappa shape index (κ3) is 3.67. The highest BCUT2D eigenvalue weighted by Gasteiger charge is 2.53. The fourth-order valence-corrected chi connectivity index (χ4v) is 5.58. The number of carbonyl (C=O) groups excluding carboxylic acids is 1. The van der Waals surface area contributed by atoms with Gasteiger partial charge >= 0.3 is 0 Å². The molecule has 1 N–H and O–H groups in total. The van der Waals surface area contributed by atoms with Crippen LogP contribution in [0, 0.1) is 23.7 Å². The molecule has 26 heavy (non-hydrogen) atoms. The second kappa shape index (κ2) is 8.15. The van der Waals surface area contributed by atoms with Gasteiger partial charge < -0.3 is 14.8 Å². The minimum Gasteiger partial charge on any atom is -0.377 e. The molecule has 0 aromatic rings. The normalized spacial score (nSPS) is 41.2. The summed E-state index contributed by atoms with van der Waals surface area (Å²) >= 11 is 0. The van der Waals surface area contributed by atoms with E-state index in [1.807, 2.05) is 0 Å². The van der Waals surface area contributed by atoms with Crippen molar-refractivity contribution in [2.75, 3.05) is 13.2 Å². The van der Waals surface area contributed by atoms with E-state index in [4.69, 9.17) is 9.47 Å². The van der Waals surface area contributed by atoms with Crippen molar-refractivity contribution in [1.82, 2.24) is 10.2 Å². The Hall–Kier alpha value is -0.650. The standard InChI is InChI=1S/C21H38N2O3/c1-12(2)19-20(13(3)4)23(16-7-15(8-16)22-11-24)17-9-25-10-18(17)26-21(19)14(5)6/h11-21H,7-10H2,1-6H3,(H,22,24). The van der Waals surface area contributed by atoms with Crippen LogP contribution in [0.3, 0.4) is 0 Å². The predicted molar refractivity (Wildman–Crippen MR) is 103 cm³/mol. The fraction of sp³-hybridized carbons (Fsp3) is 0.952. The first-order valence-electron chi connectivity index (χ1n) is 10.5. The number of carbonyl (C=O) groups is 1. The molecule has 3 rings (SSSR count). The average molecular weight is 367 g/mol. The van der Waals surface area contributed by atoms with E-state index in [0.717, 1.165) is 25.9 Å². The van der Waals surface area contributed by atoms with Crippen LogP contribution in [-0.4, -0.2) is 60.9 Å². The number of ether oxygens (including phenoxy) is 2. The highest BCUT2D eigenvalue weighted by Crippen LogP contribution is 2.43. The summed E-state index contributed by atoms with van der Waals surface area (Å²) < 4.78 is 12.6. The van der Waals surface area contributed by atoms with Gasteiger partial charge in [-0.15, -0.1) is 0 Å². The average Bonchev–Trinajstić information content (AvgIpc) is 2.91. The highest BCUT2D eigenvalue weighted by molar-refractivity contribution is 5.47. The SMILES string of the molecule is CC(C)C1OC2COCC2N(C2CC(NC=O)C2)C(C(C)C)C1C(C)C. The van der Waals surface area contributed by atoms with E-state index < -0.39 is 0 Å². The molecule has 5 nitrogen and oxygen atoms in total. The van der Waals surface area contributed by atoms with Gasteiger partial charge in [0.1, 0.15) is 0 Å². The van der Waals surface area contributed by atoms with Crippen molar-refractivity contribution >= 4 is 6.41 Å². The van der Waals surface area contributed by atoms with Crippen LogP contribution in [0.4, 0.5) is 0 Å². The Morgan fingerprint density at radius 3 is 2.23 bits per heavy atom. The first-order chi connectivity index (χ1) is 12.3. The number of hydrogen-bond acceptors (Lipinski definition) is 4. The summed E-state index contributed by atoms with van der Waals surface area (Å²) in [7, 11) is 0. The molecule has 1 saturated carbocycles. The lowest BCUT2D eigenvalue weighted by Gasteiger charge is -2.52. The predicted octanol–water partition coefficient (Wildman–Crippen LogP) is 2.68. The molecule has 5 atom stereocenters. The molecule has 2 heterocycles. The number of hydrogen-bond donors (Lipinski definition) is 1. The maximum absolute atomic E-state index is 10.8. The van der Waals surface area contributed by atoms with Crippen LogP contribution in [0.5, 0.6) is 0 Å². The van der Waals surface area contributed by atoms with Gasteiger partial charge in [-0.25, -0.2) is 0 Å². The van der Waals surface area contributed by atoms with Crippen molar-refractivity contribution in [3.05, 3.63) is 0 Å². The molecule has 0 radical (unpaired) electrons.